The maximum Gasteiger partial charge on any atom is 0.187 e. The van der Waals surface area contributed by atoms with Gasteiger partial charge >= 0.3 is 0 Å². The van der Waals surface area contributed by atoms with Gasteiger partial charge in [-0.05, 0) is 30.3 Å². The Bertz CT molecular complexity index is 487. The Hall–Kier alpha value is -1.45. The monoisotopic (exact) mass is 261 g/mol. The largest absolute Gasteiger partial charge is 0.388 e. The van der Waals surface area contributed by atoms with Gasteiger partial charge in [0.25, 0.3) is 0 Å². The molecule has 1 aliphatic heterocycles. The van der Waals surface area contributed by atoms with Crippen LogP contribution in [0.3, 0.4) is 0 Å². The van der Waals surface area contributed by atoms with Gasteiger partial charge in [-0.3, -0.25) is 0 Å². The van der Waals surface area contributed by atoms with E-state index in [1.54, 1.807) is 6.92 Å². The fourth-order valence-corrected chi connectivity index (χ4v) is 1.83. The van der Waals surface area contributed by atoms with Crippen molar-refractivity contribution in [2.24, 2.45) is 4.99 Å². The van der Waals surface area contributed by atoms with Gasteiger partial charge < -0.3 is 14.9 Å². The highest BCUT2D eigenvalue weighted by Crippen LogP contribution is 2.27. The average molecular weight is 261 g/mol. The van der Waals surface area contributed by atoms with Gasteiger partial charge in [0.1, 0.15) is 6.10 Å². The molecule has 1 saturated heterocycles. The van der Waals surface area contributed by atoms with Crippen molar-refractivity contribution in [3.8, 4) is 0 Å². The molecular formula is C15H19NO3. The Labute approximate surface area is 113 Å². The summed E-state index contributed by atoms with van der Waals surface area (Å²) in [4.78, 5) is 4.18. The molecule has 4 heteroatoms. The molecule has 19 heavy (non-hydrogen) atoms. The smallest absolute Gasteiger partial charge is 0.187 e. The molecule has 4 nitrogen and oxygen atoms in total. The minimum Gasteiger partial charge on any atom is -0.388 e. The zero-order valence-electron chi connectivity index (χ0n) is 11.2. The number of hydrogen-bond acceptors (Lipinski definition) is 4. The van der Waals surface area contributed by atoms with Crippen molar-refractivity contribution in [2.45, 2.75) is 45.3 Å². The number of aliphatic hydroxyl groups excluding tert-OH is 2. The van der Waals surface area contributed by atoms with Crippen LogP contribution in [0, 0.1) is 0 Å². The molecule has 0 spiro atoms. The summed E-state index contributed by atoms with van der Waals surface area (Å²) in [6.45, 7) is 4.23. The van der Waals surface area contributed by atoms with E-state index >= 15 is 0 Å². The molecule has 0 aliphatic carbocycles. The van der Waals surface area contributed by atoms with E-state index in [-0.39, 0.29) is 0 Å². The maximum absolute atomic E-state index is 9.56. The van der Waals surface area contributed by atoms with E-state index in [4.69, 9.17) is 4.74 Å². The number of aryl methyl sites for hydroxylation is 1. The number of nitrogens with zero attached hydrogens (tertiary/aromatic N) is 1. The molecule has 0 bridgehead atoms. The topological polar surface area (TPSA) is 65.4 Å². The summed E-state index contributed by atoms with van der Waals surface area (Å²) in [5.41, 5.74) is 2.88. The van der Waals surface area contributed by atoms with E-state index in [2.05, 4.69) is 29.9 Å². The van der Waals surface area contributed by atoms with Gasteiger partial charge in [-0.15, -0.1) is 0 Å². The van der Waals surface area contributed by atoms with Crippen LogP contribution >= 0.6 is 0 Å². The van der Waals surface area contributed by atoms with E-state index in [1.807, 2.05) is 12.1 Å². The van der Waals surface area contributed by atoms with Crippen LogP contribution in [0.25, 0.3) is 0 Å². The maximum atomic E-state index is 9.56. The summed E-state index contributed by atoms with van der Waals surface area (Å²) in [7, 11) is 0. The number of ether oxygens (including phenoxy) is 1. The molecule has 1 aromatic rings. The highest BCUT2D eigenvalue weighted by Gasteiger charge is 2.42. The summed E-state index contributed by atoms with van der Waals surface area (Å²) in [6.07, 6.45) is -0.970. The number of aliphatic hydroxyl groups is 2. The number of hydrogen-bond donors (Lipinski definition) is 2. The molecule has 0 radical (unpaired) electrons. The summed E-state index contributed by atoms with van der Waals surface area (Å²) in [5.74, 6) is 2.80. The Morgan fingerprint density at radius 1 is 1.37 bits per heavy atom. The molecule has 1 aromatic carbocycles. The first kappa shape index (κ1) is 14.0. The first-order chi connectivity index (χ1) is 9.11. The standard InChI is InChI=1S/C15H19NO3/c1-3-11-4-6-12(7-5-11)8-16-9-13(10(2)17)14-15(18)19-14/h4-7,10,14-15,17-18H,3,8H2,1-2H3/t10?,14?,15-/m0/s1. The molecule has 102 valence electrons. The fourth-order valence-electron chi connectivity index (χ4n) is 1.83. The zero-order chi connectivity index (χ0) is 13.8. The fraction of sp³-hybridized carbons (Fsp3) is 0.467. The third kappa shape index (κ3) is 3.75. The quantitative estimate of drug-likeness (QED) is 0.622. The molecule has 2 rings (SSSR count). The second-order valence-electron chi connectivity index (χ2n) is 4.68. The molecule has 1 heterocycles. The predicted octanol–water partition coefficient (Wildman–Crippen LogP) is 1.44. The molecule has 1 aliphatic rings. The van der Waals surface area contributed by atoms with Crippen LogP contribution in [0.5, 0.6) is 0 Å². The first-order valence-corrected chi connectivity index (χ1v) is 6.50. The van der Waals surface area contributed by atoms with Crippen LogP contribution in [-0.4, -0.2) is 34.6 Å². The Morgan fingerprint density at radius 2 is 1.95 bits per heavy atom. The van der Waals surface area contributed by atoms with Crippen LogP contribution in [0.2, 0.25) is 0 Å². The molecule has 2 N–H and O–H groups in total. The van der Waals surface area contributed by atoms with E-state index in [0.29, 0.717) is 12.1 Å². The third-order valence-electron chi connectivity index (χ3n) is 3.13. The second-order valence-corrected chi connectivity index (χ2v) is 4.68. The van der Waals surface area contributed by atoms with Gasteiger partial charge in [-0.25, -0.2) is 4.99 Å². The normalized spacial score (nSPS) is 22.5. The van der Waals surface area contributed by atoms with Crippen molar-refractivity contribution >= 4 is 5.87 Å². The van der Waals surface area contributed by atoms with Crippen molar-refractivity contribution in [3.63, 3.8) is 0 Å². The SMILES string of the molecule is CCc1ccc(CN=C=C(C(C)O)C2O[C@@H]2O)cc1. The number of aliphatic imine (C=N–C) groups is 1. The van der Waals surface area contributed by atoms with Crippen LogP contribution < -0.4 is 0 Å². The van der Waals surface area contributed by atoms with Crippen molar-refractivity contribution < 1.29 is 14.9 Å². The Kier molecular flexibility index (Phi) is 4.51. The van der Waals surface area contributed by atoms with Crippen molar-refractivity contribution in [1.82, 2.24) is 0 Å². The Morgan fingerprint density at radius 3 is 2.42 bits per heavy atom. The van der Waals surface area contributed by atoms with E-state index in [9.17, 15) is 10.2 Å². The predicted molar refractivity (Wildman–Crippen MR) is 73.0 cm³/mol. The molecule has 1 fully saturated rings. The minimum atomic E-state index is -0.823. The highest BCUT2D eigenvalue weighted by atomic mass is 16.7. The number of epoxide rings is 1. The summed E-state index contributed by atoms with van der Waals surface area (Å²) in [6, 6.07) is 8.23. The van der Waals surface area contributed by atoms with Crippen molar-refractivity contribution in [2.75, 3.05) is 0 Å². The second kappa shape index (κ2) is 6.13. The Balaban J connectivity index is 2.04. The van der Waals surface area contributed by atoms with Gasteiger partial charge in [-0.2, -0.15) is 0 Å². The molecule has 3 atom stereocenters. The van der Waals surface area contributed by atoms with Crippen molar-refractivity contribution in [3.05, 3.63) is 41.0 Å². The van der Waals surface area contributed by atoms with Gasteiger partial charge in [0, 0.05) is 0 Å². The summed E-state index contributed by atoms with van der Waals surface area (Å²) >= 11 is 0. The highest BCUT2D eigenvalue weighted by molar-refractivity contribution is 5.61. The third-order valence-corrected chi connectivity index (χ3v) is 3.13. The van der Waals surface area contributed by atoms with E-state index in [0.717, 1.165) is 12.0 Å². The molecule has 0 aromatic heterocycles. The van der Waals surface area contributed by atoms with Gasteiger partial charge in [0.05, 0.1) is 18.2 Å². The lowest BCUT2D eigenvalue weighted by molar-refractivity contribution is 0.156. The van der Waals surface area contributed by atoms with Crippen LogP contribution in [-0.2, 0) is 17.7 Å². The molecular weight excluding hydrogens is 242 g/mol. The van der Waals surface area contributed by atoms with E-state index < -0.39 is 18.5 Å². The molecule has 0 saturated carbocycles. The lowest BCUT2D eigenvalue weighted by atomic mass is 10.1. The zero-order valence-corrected chi connectivity index (χ0v) is 11.2. The summed E-state index contributed by atoms with van der Waals surface area (Å²) in [5, 5.41) is 18.7. The van der Waals surface area contributed by atoms with E-state index in [1.165, 1.54) is 5.56 Å². The van der Waals surface area contributed by atoms with Gasteiger partial charge in [0.15, 0.2) is 6.29 Å². The van der Waals surface area contributed by atoms with Gasteiger partial charge in [0.2, 0.25) is 0 Å². The summed E-state index contributed by atoms with van der Waals surface area (Å²) < 4.78 is 4.91. The lowest BCUT2D eigenvalue weighted by Crippen LogP contribution is -2.12. The molecule has 0 amide bonds. The van der Waals surface area contributed by atoms with Crippen LogP contribution in [0.15, 0.2) is 34.8 Å². The average Bonchev–Trinajstić information content (AvgIpc) is 3.11. The number of benzene rings is 1. The van der Waals surface area contributed by atoms with Crippen LogP contribution in [0.1, 0.15) is 25.0 Å². The number of rotatable bonds is 5. The minimum absolute atomic E-state index is 0.453. The van der Waals surface area contributed by atoms with Gasteiger partial charge in [-0.1, -0.05) is 31.2 Å². The van der Waals surface area contributed by atoms with Crippen LogP contribution in [0.4, 0.5) is 0 Å². The van der Waals surface area contributed by atoms with Crippen molar-refractivity contribution in [1.29, 1.82) is 0 Å². The molecule has 2 unspecified atom stereocenters. The first-order valence-electron chi connectivity index (χ1n) is 6.50. The lowest BCUT2D eigenvalue weighted by Gasteiger charge is -2.02.